The van der Waals surface area contributed by atoms with Gasteiger partial charge in [0.25, 0.3) is 0 Å². The van der Waals surface area contributed by atoms with Crippen LogP contribution in [0.3, 0.4) is 0 Å². The highest BCUT2D eigenvalue weighted by molar-refractivity contribution is 7.09. The number of aromatic nitrogens is 2. The Kier molecular flexibility index (Phi) is 3.48. The first-order chi connectivity index (χ1) is 7.74. The second kappa shape index (κ2) is 5.05. The van der Waals surface area contributed by atoms with Gasteiger partial charge in [0.1, 0.15) is 5.01 Å². The number of nitrogens with zero attached hydrogens (tertiary/aromatic N) is 2. The van der Waals surface area contributed by atoms with Crippen LogP contribution < -0.4 is 11.1 Å². The summed E-state index contributed by atoms with van der Waals surface area (Å²) in [5.74, 6) is 0. The predicted octanol–water partition coefficient (Wildman–Crippen LogP) is 1.72. The van der Waals surface area contributed by atoms with Gasteiger partial charge in [-0.3, -0.25) is 4.98 Å². The largest absolute Gasteiger partial charge is 0.397 e. The molecule has 0 aliphatic heterocycles. The Morgan fingerprint density at radius 2 is 2.25 bits per heavy atom. The molecule has 0 spiro atoms. The summed E-state index contributed by atoms with van der Waals surface area (Å²) >= 11 is 1.67. The first-order valence-corrected chi connectivity index (χ1v) is 5.94. The standard InChI is InChI=1S/C11H14N4S/c1-8-7-16-11(15-8)6-13-5-10-3-2-9(12)4-14-10/h2-4,7,13H,5-6,12H2,1H3. The minimum Gasteiger partial charge on any atom is -0.397 e. The molecule has 0 unspecified atom stereocenters. The van der Waals surface area contributed by atoms with Crippen molar-refractivity contribution in [3.05, 3.63) is 40.1 Å². The molecule has 2 rings (SSSR count). The van der Waals surface area contributed by atoms with E-state index in [-0.39, 0.29) is 0 Å². The molecule has 0 fully saturated rings. The Labute approximate surface area is 98.6 Å². The van der Waals surface area contributed by atoms with Gasteiger partial charge in [-0.25, -0.2) is 4.98 Å². The summed E-state index contributed by atoms with van der Waals surface area (Å²) in [5.41, 5.74) is 8.32. The molecule has 0 aliphatic rings. The first kappa shape index (κ1) is 11.0. The Morgan fingerprint density at radius 1 is 1.38 bits per heavy atom. The van der Waals surface area contributed by atoms with E-state index in [9.17, 15) is 0 Å². The van der Waals surface area contributed by atoms with E-state index in [0.29, 0.717) is 5.69 Å². The van der Waals surface area contributed by atoms with E-state index in [1.54, 1.807) is 17.5 Å². The minimum absolute atomic E-state index is 0.694. The van der Waals surface area contributed by atoms with E-state index >= 15 is 0 Å². The fourth-order valence-corrected chi connectivity index (χ4v) is 2.06. The zero-order valence-corrected chi connectivity index (χ0v) is 9.92. The lowest BCUT2D eigenvalue weighted by atomic mass is 10.3. The zero-order chi connectivity index (χ0) is 11.4. The number of pyridine rings is 1. The molecule has 2 heterocycles. The van der Waals surface area contributed by atoms with Crippen molar-refractivity contribution in [3.63, 3.8) is 0 Å². The maximum atomic E-state index is 5.56. The van der Waals surface area contributed by atoms with Crippen molar-refractivity contribution < 1.29 is 0 Å². The fourth-order valence-electron chi connectivity index (χ4n) is 1.32. The third kappa shape index (κ3) is 3.01. The van der Waals surface area contributed by atoms with Crippen LogP contribution in [0.1, 0.15) is 16.4 Å². The van der Waals surface area contributed by atoms with E-state index in [0.717, 1.165) is 29.5 Å². The fraction of sp³-hybridized carbons (Fsp3) is 0.273. The summed E-state index contributed by atoms with van der Waals surface area (Å²) in [6.45, 7) is 3.52. The molecule has 16 heavy (non-hydrogen) atoms. The minimum atomic E-state index is 0.694. The Morgan fingerprint density at radius 3 is 2.88 bits per heavy atom. The highest BCUT2D eigenvalue weighted by atomic mass is 32.1. The maximum Gasteiger partial charge on any atom is 0.107 e. The number of nitrogens with two attached hydrogens (primary N) is 1. The third-order valence-electron chi connectivity index (χ3n) is 2.10. The first-order valence-electron chi connectivity index (χ1n) is 5.06. The molecule has 0 saturated carbocycles. The number of nitrogen functional groups attached to an aromatic ring is 1. The van der Waals surface area contributed by atoms with Crippen LogP contribution in [0.5, 0.6) is 0 Å². The van der Waals surface area contributed by atoms with Crippen molar-refractivity contribution in [2.45, 2.75) is 20.0 Å². The van der Waals surface area contributed by atoms with Gasteiger partial charge in [0.05, 0.1) is 17.6 Å². The summed E-state index contributed by atoms with van der Waals surface area (Å²) < 4.78 is 0. The lowest BCUT2D eigenvalue weighted by Crippen LogP contribution is -2.13. The van der Waals surface area contributed by atoms with Crippen molar-refractivity contribution in [3.8, 4) is 0 Å². The van der Waals surface area contributed by atoms with Crippen LogP contribution in [0.2, 0.25) is 0 Å². The number of thiazole rings is 1. The van der Waals surface area contributed by atoms with Crippen molar-refractivity contribution in [1.82, 2.24) is 15.3 Å². The highest BCUT2D eigenvalue weighted by Crippen LogP contribution is 2.08. The van der Waals surface area contributed by atoms with E-state index in [4.69, 9.17) is 5.73 Å². The summed E-state index contributed by atoms with van der Waals surface area (Å²) in [6, 6.07) is 3.78. The number of anilines is 1. The number of hydrogen-bond donors (Lipinski definition) is 2. The molecule has 0 aromatic carbocycles. The van der Waals surface area contributed by atoms with Gasteiger partial charge in [-0.15, -0.1) is 11.3 Å². The van der Waals surface area contributed by atoms with Crippen LogP contribution in [-0.2, 0) is 13.1 Å². The van der Waals surface area contributed by atoms with Gasteiger partial charge >= 0.3 is 0 Å². The zero-order valence-electron chi connectivity index (χ0n) is 9.10. The van der Waals surface area contributed by atoms with E-state index in [2.05, 4.69) is 20.7 Å². The lowest BCUT2D eigenvalue weighted by molar-refractivity contribution is 0.676. The topological polar surface area (TPSA) is 63.8 Å². The van der Waals surface area contributed by atoms with E-state index in [1.165, 1.54) is 0 Å². The molecular weight excluding hydrogens is 220 g/mol. The Bertz CT molecular complexity index is 449. The van der Waals surface area contributed by atoms with Crippen LogP contribution in [0.25, 0.3) is 0 Å². The van der Waals surface area contributed by atoms with Crippen LogP contribution in [-0.4, -0.2) is 9.97 Å². The molecule has 0 radical (unpaired) electrons. The SMILES string of the molecule is Cc1csc(CNCc2ccc(N)cn2)n1. The number of rotatable bonds is 4. The Hall–Kier alpha value is -1.46. The molecule has 4 nitrogen and oxygen atoms in total. The molecule has 84 valence electrons. The van der Waals surface area contributed by atoms with E-state index < -0.39 is 0 Å². The van der Waals surface area contributed by atoms with Gasteiger partial charge in [-0.05, 0) is 19.1 Å². The van der Waals surface area contributed by atoms with Gasteiger partial charge in [0.2, 0.25) is 0 Å². The van der Waals surface area contributed by atoms with Crippen molar-refractivity contribution in [1.29, 1.82) is 0 Å². The lowest BCUT2D eigenvalue weighted by Gasteiger charge is -2.02. The van der Waals surface area contributed by atoms with Crippen molar-refractivity contribution in [2.75, 3.05) is 5.73 Å². The van der Waals surface area contributed by atoms with Crippen LogP contribution in [0.4, 0.5) is 5.69 Å². The second-order valence-electron chi connectivity index (χ2n) is 3.57. The Balaban J connectivity index is 1.82. The van der Waals surface area contributed by atoms with Gasteiger partial charge in [0.15, 0.2) is 0 Å². The van der Waals surface area contributed by atoms with Crippen molar-refractivity contribution in [2.24, 2.45) is 0 Å². The van der Waals surface area contributed by atoms with Crippen LogP contribution in [0.15, 0.2) is 23.7 Å². The molecule has 0 aliphatic carbocycles. The molecular formula is C11H14N4S. The normalized spacial score (nSPS) is 10.6. The molecule has 0 saturated heterocycles. The second-order valence-corrected chi connectivity index (χ2v) is 4.51. The maximum absolute atomic E-state index is 5.56. The quantitative estimate of drug-likeness (QED) is 0.845. The molecule has 2 aromatic rings. The third-order valence-corrected chi connectivity index (χ3v) is 3.06. The van der Waals surface area contributed by atoms with Gasteiger partial charge in [-0.2, -0.15) is 0 Å². The summed E-state index contributed by atoms with van der Waals surface area (Å²) in [7, 11) is 0. The summed E-state index contributed by atoms with van der Waals surface area (Å²) in [4.78, 5) is 8.58. The van der Waals surface area contributed by atoms with Crippen LogP contribution in [0, 0.1) is 6.92 Å². The monoisotopic (exact) mass is 234 g/mol. The smallest absolute Gasteiger partial charge is 0.107 e. The molecule has 2 aromatic heterocycles. The average molecular weight is 234 g/mol. The molecule has 3 N–H and O–H groups in total. The summed E-state index contributed by atoms with van der Waals surface area (Å²) in [6.07, 6.45) is 1.67. The van der Waals surface area contributed by atoms with Crippen LogP contribution >= 0.6 is 11.3 Å². The van der Waals surface area contributed by atoms with Gasteiger partial charge in [-0.1, -0.05) is 0 Å². The summed E-state index contributed by atoms with van der Waals surface area (Å²) in [5, 5.41) is 6.45. The highest BCUT2D eigenvalue weighted by Gasteiger charge is 1.98. The number of hydrogen-bond acceptors (Lipinski definition) is 5. The molecule has 0 atom stereocenters. The molecule has 0 bridgehead atoms. The predicted molar refractivity (Wildman–Crippen MR) is 66.0 cm³/mol. The van der Waals surface area contributed by atoms with Gasteiger partial charge in [0, 0.05) is 24.2 Å². The number of nitrogens with one attached hydrogen (secondary N) is 1. The number of aryl methyl sites for hydroxylation is 1. The van der Waals surface area contributed by atoms with E-state index in [1.807, 2.05) is 19.1 Å². The van der Waals surface area contributed by atoms with Gasteiger partial charge < -0.3 is 11.1 Å². The van der Waals surface area contributed by atoms with Crippen molar-refractivity contribution >= 4 is 17.0 Å². The average Bonchev–Trinajstić information content (AvgIpc) is 2.67. The molecule has 0 amide bonds. The molecule has 5 heteroatoms.